The number of aliphatic hydroxyl groups is 2. The predicted molar refractivity (Wildman–Crippen MR) is 229 cm³/mol. The Hall–Kier alpha value is -5.38. The molecule has 1 fully saturated rings. The fourth-order valence-corrected chi connectivity index (χ4v) is 13.6. The van der Waals surface area contributed by atoms with Gasteiger partial charge in [-0.05, 0) is 86.8 Å². The van der Waals surface area contributed by atoms with Crippen LogP contribution in [0.3, 0.4) is 0 Å². The Labute approximate surface area is 336 Å². The smallest absolute Gasteiger partial charge is 0.261 e. The van der Waals surface area contributed by atoms with Crippen LogP contribution in [-0.4, -0.2) is 54.8 Å². The number of fused-ring (bicyclic) bond motifs is 1. The number of phenols is 1. The number of hydrogen-bond donors (Lipinski definition) is 3. The molecule has 0 bridgehead atoms. The summed E-state index contributed by atoms with van der Waals surface area (Å²) < 4.78 is 7.43. The Balaban J connectivity index is 1.31. The summed E-state index contributed by atoms with van der Waals surface area (Å²) in [5.41, 5.74) is 4.60. The number of aliphatic hydroxyl groups excluding tert-OH is 2. The number of allylic oxidation sites excluding steroid dienone is 1. The molecule has 0 spiro atoms. The van der Waals surface area contributed by atoms with E-state index in [-0.39, 0.29) is 42.1 Å². The molecule has 0 aromatic heterocycles. The highest BCUT2D eigenvalue weighted by Crippen LogP contribution is 2.48. The summed E-state index contributed by atoms with van der Waals surface area (Å²) in [6.45, 7) is 6.33. The average Bonchev–Trinajstić information content (AvgIpc) is 3.48. The second-order valence-corrected chi connectivity index (χ2v) is 20.5. The Kier molecular flexibility index (Phi) is 11.9. The number of rotatable bonds is 13. The zero-order valence-electron chi connectivity index (χ0n) is 32.8. The van der Waals surface area contributed by atoms with Crippen LogP contribution >= 0.6 is 0 Å². The van der Waals surface area contributed by atoms with Gasteiger partial charge in [-0.15, -0.1) is 0 Å². The van der Waals surface area contributed by atoms with Crippen molar-refractivity contribution in [2.75, 3.05) is 18.1 Å². The number of nitrogens with zero attached hydrogens (tertiary/aromatic N) is 1. The standard InChI is InChI=1S/C49H51NO6Si/c1-49(2,3)57(40-23-12-6-13-24-40,41-25-14-7-15-26-41)56-33-37-31-42-46(48(55)50(47(42)54)38-20-10-5-11-21-38)43(32-51)45(37)44(53)28-27-36(35-18-8-4-9-19-35)29-34-17-16-22-39(52)30-34/h4-26,29-30,42-44,46,51-53H,27-28,31-33H2,1-3H3/b36-29-/t42-,43+,44-,46-/m1/s1. The van der Waals surface area contributed by atoms with Crippen LogP contribution in [0.4, 0.5) is 5.69 Å². The van der Waals surface area contributed by atoms with E-state index >= 15 is 0 Å². The first-order chi connectivity index (χ1) is 27.5. The van der Waals surface area contributed by atoms with Crippen molar-refractivity contribution in [2.45, 2.75) is 51.2 Å². The topological polar surface area (TPSA) is 107 Å². The van der Waals surface area contributed by atoms with E-state index in [1.807, 2.05) is 84.9 Å². The molecule has 1 aliphatic carbocycles. The van der Waals surface area contributed by atoms with E-state index in [0.29, 0.717) is 17.7 Å². The van der Waals surface area contributed by atoms with Gasteiger partial charge in [-0.25, -0.2) is 0 Å². The van der Waals surface area contributed by atoms with Gasteiger partial charge >= 0.3 is 0 Å². The number of aromatic hydroxyl groups is 1. The van der Waals surface area contributed by atoms with Crippen molar-refractivity contribution in [1.29, 1.82) is 0 Å². The summed E-state index contributed by atoms with van der Waals surface area (Å²) in [5, 5.41) is 35.8. The first-order valence-electron chi connectivity index (χ1n) is 19.8. The lowest BCUT2D eigenvalue weighted by atomic mass is 9.68. The van der Waals surface area contributed by atoms with E-state index in [1.54, 1.807) is 42.5 Å². The van der Waals surface area contributed by atoms with Gasteiger partial charge in [0.1, 0.15) is 5.75 Å². The van der Waals surface area contributed by atoms with E-state index in [9.17, 15) is 24.9 Å². The molecule has 2 amide bonds. The number of hydrogen-bond acceptors (Lipinski definition) is 6. The summed E-state index contributed by atoms with van der Waals surface area (Å²) in [6.07, 6.45) is 1.94. The van der Waals surface area contributed by atoms with E-state index in [1.165, 1.54) is 4.90 Å². The van der Waals surface area contributed by atoms with Gasteiger partial charge in [0.05, 0.1) is 36.8 Å². The van der Waals surface area contributed by atoms with E-state index < -0.39 is 38.8 Å². The van der Waals surface area contributed by atoms with Gasteiger partial charge in [0.25, 0.3) is 8.32 Å². The van der Waals surface area contributed by atoms with Crippen LogP contribution < -0.4 is 15.3 Å². The van der Waals surface area contributed by atoms with Crippen molar-refractivity contribution in [3.8, 4) is 5.75 Å². The fourth-order valence-electron chi connectivity index (χ4n) is 9.10. The van der Waals surface area contributed by atoms with Crippen molar-refractivity contribution in [1.82, 2.24) is 0 Å². The van der Waals surface area contributed by atoms with Crippen molar-refractivity contribution < 1.29 is 29.3 Å². The Bertz CT molecular complexity index is 2190. The van der Waals surface area contributed by atoms with Crippen molar-refractivity contribution in [2.24, 2.45) is 17.8 Å². The first-order valence-corrected chi connectivity index (χ1v) is 21.7. The molecule has 292 valence electrons. The molecule has 0 unspecified atom stereocenters. The van der Waals surface area contributed by atoms with Crippen molar-refractivity contribution in [3.05, 3.63) is 168 Å². The van der Waals surface area contributed by atoms with Crippen LogP contribution in [0.1, 0.15) is 51.2 Å². The number of anilines is 1. The minimum Gasteiger partial charge on any atom is -0.508 e. The number of phenolic OH excluding ortho intramolecular Hbond substituents is 1. The molecule has 2 aliphatic rings. The minimum absolute atomic E-state index is 0.122. The number of carbonyl (C=O) groups excluding carboxylic acids is 2. The molecule has 0 radical (unpaired) electrons. The van der Waals surface area contributed by atoms with Gasteiger partial charge in [-0.3, -0.25) is 14.5 Å². The van der Waals surface area contributed by atoms with Gasteiger partial charge in [0.15, 0.2) is 0 Å². The minimum atomic E-state index is -3.06. The average molecular weight is 778 g/mol. The highest BCUT2D eigenvalue weighted by Gasteiger charge is 2.56. The first kappa shape index (κ1) is 39.8. The zero-order chi connectivity index (χ0) is 40.2. The maximum absolute atomic E-state index is 14.3. The molecule has 1 heterocycles. The fraction of sp³-hybridized carbons (Fsp3) is 0.265. The predicted octanol–water partition coefficient (Wildman–Crippen LogP) is 7.77. The maximum atomic E-state index is 14.3. The lowest BCUT2D eigenvalue weighted by molar-refractivity contribution is -0.123. The monoisotopic (exact) mass is 777 g/mol. The molecule has 5 aromatic carbocycles. The molecule has 0 saturated carbocycles. The molecular formula is C49H51NO6Si. The largest absolute Gasteiger partial charge is 0.508 e. The molecule has 1 aliphatic heterocycles. The third kappa shape index (κ3) is 7.96. The number of amides is 2. The summed E-state index contributed by atoms with van der Waals surface area (Å²) >= 11 is 0. The second kappa shape index (κ2) is 17.0. The second-order valence-electron chi connectivity index (χ2n) is 16.2. The van der Waals surface area contributed by atoms with Crippen LogP contribution in [0, 0.1) is 17.8 Å². The third-order valence-electron chi connectivity index (χ3n) is 11.7. The van der Waals surface area contributed by atoms with Crippen LogP contribution in [0.5, 0.6) is 5.75 Å². The van der Waals surface area contributed by atoms with Crippen LogP contribution in [0.2, 0.25) is 5.04 Å². The van der Waals surface area contributed by atoms with Crippen molar-refractivity contribution >= 4 is 47.8 Å². The lowest BCUT2D eigenvalue weighted by Crippen LogP contribution is -2.66. The molecule has 3 N–H and O–H groups in total. The van der Waals surface area contributed by atoms with Crippen LogP contribution in [0.25, 0.3) is 11.6 Å². The number of carbonyl (C=O) groups is 2. The maximum Gasteiger partial charge on any atom is 0.261 e. The molecule has 8 heteroatoms. The number of para-hydroxylation sites is 1. The Morgan fingerprint density at radius 1 is 0.807 bits per heavy atom. The normalized spacial score (nSPS) is 19.5. The number of imide groups is 1. The molecule has 1 saturated heterocycles. The third-order valence-corrected chi connectivity index (χ3v) is 16.7. The van der Waals surface area contributed by atoms with E-state index in [0.717, 1.165) is 32.6 Å². The molecule has 57 heavy (non-hydrogen) atoms. The summed E-state index contributed by atoms with van der Waals surface area (Å²) in [5.74, 6) is -2.84. The van der Waals surface area contributed by atoms with Crippen LogP contribution in [-0.2, 0) is 14.0 Å². The van der Waals surface area contributed by atoms with Gasteiger partial charge < -0.3 is 19.7 Å². The molecule has 5 aromatic rings. The molecule has 7 nitrogen and oxygen atoms in total. The van der Waals surface area contributed by atoms with Gasteiger partial charge in [0.2, 0.25) is 11.8 Å². The quantitative estimate of drug-likeness (QED) is 0.0489. The molecular weight excluding hydrogens is 727 g/mol. The van der Waals surface area contributed by atoms with Crippen molar-refractivity contribution in [3.63, 3.8) is 0 Å². The zero-order valence-corrected chi connectivity index (χ0v) is 33.8. The van der Waals surface area contributed by atoms with E-state index in [2.05, 4.69) is 45.0 Å². The highest BCUT2D eigenvalue weighted by molar-refractivity contribution is 6.99. The summed E-state index contributed by atoms with van der Waals surface area (Å²) in [4.78, 5) is 29.9. The molecule has 7 rings (SSSR count). The van der Waals surface area contributed by atoms with Crippen LogP contribution in [0.15, 0.2) is 157 Å². The summed E-state index contributed by atoms with van der Waals surface area (Å²) in [6, 6.07) is 46.6. The highest BCUT2D eigenvalue weighted by atomic mass is 28.4. The Morgan fingerprint density at radius 2 is 1.39 bits per heavy atom. The Morgan fingerprint density at radius 3 is 1.95 bits per heavy atom. The summed E-state index contributed by atoms with van der Waals surface area (Å²) in [7, 11) is -3.06. The molecule has 4 atom stereocenters. The lowest BCUT2D eigenvalue weighted by Gasteiger charge is -2.44. The van der Waals surface area contributed by atoms with Gasteiger partial charge in [-0.2, -0.15) is 0 Å². The van der Waals surface area contributed by atoms with E-state index in [4.69, 9.17) is 4.43 Å². The number of benzene rings is 5. The SMILES string of the molecule is CC(C)(C)[Si](OCC1=C([C@H](O)CC/C(=C/c2cccc(O)c2)c2ccccc2)[C@H](CO)[C@@H]2C(=O)N(c3ccccc3)C(=O)[C@@H]2C1)(c1ccccc1)c1ccccc1. The van der Waals surface area contributed by atoms with Gasteiger partial charge in [-0.1, -0.05) is 148 Å². The van der Waals surface area contributed by atoms with Gasteiger partial charge in [0, 0.05) is 5.92 Å².